The fourth-order valence-corrected chi connectivity index (χ4v) is 2.29. The summed E-state index contributed by atoms with van der Waals surface area (Å²) in [5, 5.41) is 0. The SMILES string of the molecule is CC(C)(C)C1CCN(Cc2ncccn2)C1. The molecule has 1 fully saturated rings. The molecule has 1 atom stereocenters. The van der Waals surface area contributed by atoms with Gasteiger partial charge in [0.25, 0.3) is 0 Å². The first kappa shape index (κ1) is 11.5. The predicted molar refractivity (Wildman–Crippen MR) is 64.9 cm³/mol. The molecule has 0 radical (unpaired) electrons. The van der Waals surface area contributed by atoms with Crippen LogP contribution in [0.15, 0.2) is 18.5 Å². The summed E-state index contributed by atoms with van der Waals surface area (Å²) in [6, 6.07) is 1.87. The molecule has 0 aromatic carbocycles. The van der Waals surface area contributed by atoms with Crippen LogP contribution in [0.2, 0.25) is 0 Å². The summed E-state index contributed by atoms with van der Waals surface area (Å²) in [5.74, 6) is 1.74. The fourth-order valence-electron chi connectivity index (χ4n) is 2.29. The van der Waals surface area contributed by atoms with Crippen LogP contribution in [0.4, 0.5) is 0 Å². The van der Waals surface area contributed by atoms with E-state index < -0.39 is 0 Å². The third-order valence-electron chi connectivity index (χ3n) is 3.48. The molecule has 3 nitrogen and oxygen atoms in total. The molecule has 0 aliphatic carbocycles. The minimum absolute atomic E-state index is 0.423. The van der Waals surface area contributed by atoms with Crippen LogP contribution in [0.25, 0.3) is 0 Å². The summed E-state index contributed by atoms with van der Waals surface area (Å²) in [6.07, 6.45) is 4.94. The van der Waals surface area contributed by atoms with Gasteiger partial charge in [0.2, 0.25) is 0 Å². The molecule has 1 aliphatic heterocycles. The highest BCUT2D eigenvalue weighted by Crippen LogP contribution is 2.33. The number of rotatable bonds is 2. The van der Waals surface area contributed by atoms with Crippen molar-refractivity contribution in [3.63, 3.8) is 0 Å². The Bertz CT molecular complexity index is 329. The molecule has 1 unspecified atom stereocenters. The number of likely N-dealkylation sites (tertiary alicyclic amines) is 1. The number of hydrogen-bond donors (Lipinski definition) is 0. The van der Waals surface area contributed by atoms with E-state index in [4.69, 9.17) is 0 Å². The molecule has 3 heteroatoms. The van der Waals surface area contributed by atoms with Crippen molar-refractivity contribution in [2.45, 2.75) is 33.7 Å². The molecule has 1 aliphatic rings. The summed E-state index contributed by atoms with van der Waals surface area (Å²) < 4.78 is 0. The van der Waals surface area contributed by atoms with E-state index in [1.54, 1.807) is 0 Å². The summed E-state index contributed by atoms with van der Waals surface area (Å²) in [6.45, 7) is 10.3. The second kappa shape index (κ2) is 4.50. The third kappa shape index (κ3) is 2.79. The van der Waals surface area contributed by atoms with Crippen molar-refractivity contribution in [2.75, 3.05) is 13.1 Å². The Morgan fingerprint density at radius 2 is 2.00 bits per heavy atom. The van der Waals surface area contributed by atoms with E-state index in [1.807, 2.05) is 18.5 Å². The molecule has 1 aromatic rings. The zero-order valence-corrected chi connectivity index (χ0v) is 10.5. The summed E-state index contributed by atoms with van der Waals surface area (Å²) in [5.41, 5.74) is 0.423. The third-order valence-corrected chi connectivity index (χ3v) is 3.48. The van der Waals surface area contributed by atoms with Gasteiger partial charge in [-0.25, -0.2) is 9.97 Å². The van der Waals surface area contributed by atoms with Gasteiger partial charge in [-0.1, -0.05) is 20.8 Å². The van der Waals surface area contributed by atoms with Crippen LogP contribution >= 0.6 is 0 Å². The van der Waals surface area contributed by atoms with Crippen molar-refractivity contribution in [3.05, 3.63) is 24.3 Å². The molecular formula is C13H21N3. The van der Waals surface area contributed by atoms with Crippen LogP contribution in [0.5, 0.6) is 0 Å². The zero-order valence-electron chi connectivity index (χ0n) is 10.5. The standard InChI is InChI=1S/C13H21N3/c1-13(2,3)11-5-8-16(9-11)10-12-14-6-4-7-15-12/h4,6-7,11H,5,8-10H2,1-3H3. The average Bonchev–Trinajstić information content (AvgIpc) is 2.67. The fraction of sp³-hybridized carbons (Fsp3) is 0.692. The largest absolute Gasteiger partial charge is 0.296 e. The lowest BCUT2D eigenvalue weighted by Gasteiger charge is -2.26. The van der Waals surface area contributed by atoms with Gasteiger partial charge in [-0.3, -0.25) is 4.90 Å². The predicted octanol–water partition coefficient (Wildman–Crippen LogP) is 2.34. The minimum Gasteiger partial charge on any atom is -0.296 e. The van der Waals surface area contributed by atoms with Crippen LogP contribution in [-0.2, 0) is 6.54 Å². The van der Waals surface area contributed by atoms with Crippen LogP contribution in [0.1, 0.15) is 33.0 Å². The van der Waals surface area contributed by atoms with Crippen LogP contribution in [0.3, 0.4) is 0 Å². The molecule has 0 bridgehead atoms. The van der Waals surface area contributed by atoms with E-state index in [9.17, 15) is 0 Å². The molecule has 2 rings (SSSR count). The smallest absolute Gasteiger partial charge is 0.142 e. The van der Waals surface area contributed by atoms with Crippen LogP contribution in [-0.4, -0.2) is 28.0 Å². The second-order valence-corrected chi connectivity index (χ2v) is 5.75. The summed E-state index contributed by atoms with van der Waals surface area (Å²) in [7, 11) is 0. The monoisotopic (exact) mass is 219 g/mol. The average molecular weight is 219 g/mol. The van der Waals surface area contributed by atoms with Crippen LogP contribution < -0.4 is 0 Å². The van der Waals surface area contributed by atoms with Gasteiger partial charge in [-0.2, -0.15) is 0 Å². The van der Waals surface area contributed by atoms with Gasteiger partial charge in [0.1, 0.15) is 5.82 Å². The van der Waals surface area contributed by atoms with E-state index in [0.717, 1.165) is 18.3 Å². The highest BCUT2D eigenvalue weighted by Gasteiger charge is 2.31. The topological polar surface area (TPSA) is 29.0 Å². The van der Waals surface area contributed by atoms with Gasteiger partial charge in [0, 0.05) is 18.9 Å². The Kier molecular flexibility index (Phi) is 3.24. The van der Waals surface area contributed by atoms with Crippen molar-refractivity contribution >= 4 is 0 Å². The molecule has 0 saturated carbocycles. The molecule has 0 N–H and O–H groups in total. The highest BCUT2D eigenvalue weighted by atomic mass is 15.2. The van der Waals surface area contributed by atoms with E-state index in [1.165, 1.54) is 19.5 Å². The highest BCUT2D eigenvalue weighted by molar-refractivity contribution is 4.91. The maximum Gasteiger partial charge on any atom is 0.142 e. The molecular weight excluding hydrogens is 198 g/mol. The number of hydrogen-bond acceptors (Lipinski definition) is 3. The Balaban J connectivity index is 1.91. The molecule has 1 aromatic heterocycles. The van der Waals surface area contributed by atoms with Crippen LogP contribution in [0, 0.1) is 11.3 Å². The van der Waals surface area contributed by atoms with Gasteiger partial charge >= 0.3 is 0 Å². The first-order valence-electron chi connectivity index (χ1n) is 6.04. The zero-order chi connectivity index (χ0) is 11.6. The van der Waals surface area contributed by atoms with Gasteiger partial charge < -0.3 is 0 Å². The Morgan fingerprint density at radius 1 is 1.31 bits per heavy atom. The maximum atomic E-state index is 4.28. The van der Waals surface area contributed by atoms with Gasteiger partial charge in [-0.05, 0) is 30.4 Å². The molecule has 1 saturated heterocycles. The Labute approximate surface area is 97.9 Å². The lowest BCUT2D eigenvalue weighted by molar-refractivity contribution is 0.224. The Hall–Kier alpha value is -0.960. The Morgan fingerprint density at radius 3 is 2.56 bits per heavy atom. The maximum absolute atomic E-state index is 4.28. The van der Waals surface area contributed by atoms with E-state index in [2.05, 4.69) is 35.6 Å². The van der Waals surface area contributed by atoms with E-state index >= 15 is 0 Å². The normalized spacial score (nSPS) is 22.6. The minimum atomic E-state index is 0.423. The molecule has 2 heterocycles. The van der Waals surface area contributed by atoms with Gasteiger partial charge in [-0.15, -0.1) is 0 Å². The molecule has 16 heavy (non-hydrogen) atoms. The lowest BCUT2D eigenvalue weighted by Crippen LogP contribution is -2.26. The van der Waals surface area contributed by atoms with Gasteiger partial charge in [0.15, 0.2) is 0 Å². The second-order valence-electron chi connectivity index (χ2n) is 5.75. The first-order valence-corrected chi connectivity index (χ1v) is 6.04. The van der Waals surface area contributed by atoms with Crippen molar-refractivity contribution in [1.29, 1.82) is 0 Å². The van der Waals surface area contributed by atoms with E-state index in [-0.39, 0.29) is 0 Å². The first-order chi connectivity index (χ1) is 7.55. The molecule has 0 amide bonds. The summed E-state index contributed by atoms with van der Waals surface area (Å²) in [4.78, 5) is 11.0. The van der Waals surface area contributed by atoms with Crippen molar-refractivity contribution < 1.29 is 0 Å². The molecule has 0 spiro atoms. The van der Waals surface area contributed by atoms with E-state index in [0.29, 0.717) is 5.41 Å². The number of aromatic nitrogens is 2. The summed E-state index contributed by atoms with van der Waals surface area (Å²) >= 11 is 0. The van der Waals surface area contributed by atoms with Crippen molar-refractivity contribution in [2.24, 2.45) is 11.3 Å². The van der Waals surface area contributed by atoms with Crippen molar-refractivity contribution in [3.8, 4) is 0 Å². The number of nitrogens with zero attached hydrogens (tertiary/aromatic N) is 3. The van der Waals surface area contributed by atoms with Gasteiger partial charge in [0.05, 0.1) is 6.54 Å². The lowest BCUT2D eigenvalue weighted by atomic mass is 9.80. The molecule has 88 valence electrons. The van der Waals surface area contributed by atoms with Crippen molar-refractivity contribution in [1.82, 2.24) is 14.9 Å². The quantitative estimate of drug-likeness (QED) is 0.764.